The van der Waals surface area contributed by atoms with Gasteiger partial charge in [0.25, 0.3) is 0 Å². The molecule has 19 heavy (non-hydrogen) atoms. The zero-order chi connectivity index (χ0) is 15.1. The van der Waals surface area contributed by atoms with Crippen molar-refractivity contribution in [2.75, 3.05) is 13.2 Å². The highest BCUT2D eigenvalue weighted by molar-refractivity contribution is 5.75. The molecule has 0 amide bonds. The van der Waals surface area contributed by atoms with Gasteiger partial charge in [-0.2, -0.15) is 0 Å². The van der Waals surface area contributed by atoms with Gasteiger partial charge in [0.15, 0.2) is 0 Å². The van der Waals surface area contributed by atoms with Crippen molar-refractivity contribution in [2.24, 2.45) is 11.3 Å². The molecule has 0 saturated heterocycles. The maximum atomic E-state index is 11.5. The third-order valence-electron chi connectivity index (χ3n) is 2.56. The second kappa shape index (κ2) is 8.15. The van der Waals surface area contributed by atoms with Crippen LogP contribution in [-0.2, 0) is 19.1 Å². The fraction of sp³-hybridized carbons (Fsp3) is 0.857. The number of hydrogen-bond donors (Lipinski definition) is 1. The minimum Gasteiger partial charge on any atom is -0.463 e. The zero-order valence-corrected chi connectivity index (χ0v) is 12.6. The molecule has 1 N–H and O–H groups in total. The molecule has 5 heteroatoms. The summed E-state index contributed by atoms with van der Waals surface area (Å²) in [6.45, 7) is 8.66. The molecule has 0 aliphatic carbocycles. The average Bonchev–Trinajstić information content (AvgIpc) is 2.31. The summed E-state index contributed by atoms with van der Waals surface area (Å²) in [5.41, 5.74) is -0.605. The van der Waals surface area contributed by atoms with Crippen LogP contribution in [0.1, 0.15) is 47.5 Å². The number of hydrogen-bond acceptors (Lipinski definition) is 5. The fourth-order valence-corrected chi connectivity index (χ4v) is 1.31. The fourth-order valence-electron chi connectivity index (χ4n) is 1.31. The molecule has 0 radical (unpaired) electrons. The van der Waals surface area contributed by atoms with Gasteiger partial charge in [-0.05, 0) is 27.2 Å². The number of aliphatic hydroxyl groups excluding tert-OH is 1. The van der Waals surface area contributed by atoms with E-state index in [2.05, 4.69) is 0 Å². The SMILES string of the molecule is CCCC(C)C(=O)OCC(O)COC(=O)C(C)(C)C. The molecule has 0 saturated carbocycles. The first-order valence-electron chi connectivity index (χ1n) is 6.70. The summed E-state index contributed by atoms with van der Waals surface area (Å²) in [5.74, 6) is -0.894. The number of aliphatic hydroxyl groups is 1. The van der Waals surface area contributed by atoms with E-state index in [1.807, 2.05) is 6.92 Å². The summed E-state index contributed by atoms with van der Waals surface area (Å²) in [7, 11) is 0. The Balaban J connectivity index is 3.91. The molecule has 112 valence electrons. The summed E-state index contributed by atoms with van der Waals surface area (Å²) < 4.78 is 9.88. The average molecular weight is 274 g/mol. The minimum atomic E-state index is -0.982. The van der Waals surface area contributed by atoms with Crippen LogP contribution in [0.2, 0.25) is 0 Å². The smallest absolute Gasteiger partial charge is 0.311 e. The van der Waals surface area contributed by atoms with Gasteiger partial charge in [0, 0.05) is 0 Å². The lowest BCUT2D eigenvalue weighted by atomic mass is 9.97. The van der Waals surface area contributed by atoms with Crippen molar-refractivity contribution in [3.8, 4) is 0 Å². The highest BCUT2D eigenvalue weighted by atomic mass is 16.6. The van der Waals surface area contributed by atoms with Crippen molar-refractivity contribution in [3.63, 3.8) is 0 Å². The van der Waals surface area contributed by atoms with E-state index in [9.17, 15) is 14.7 Å². The molecule has 0 aromatic heterocycles. The van der Waals surface area contributed by atoms with Gasteiger partial charge >= 0.3 is 11.9 Å². The molecule has 2 unspecified atom stereocenters. The maximum absolute atomic E-state index is 11.5. The Morgan fingerprint density at radius 1 is 1.16 bits per heavy atom. The summed E-state index contributed by atoms with van der Waals surface area (Å²) in [6.07, 6.45) is 0.680. The summed E-state index contributed by atoms with van der Waals surface area (Å²) in [6, 6.07) is 0. The van der Waals surface area contributed by atoms with E-state index < -0.39 is 17.5 Å². The molecule has 0 aromatic rings. The lowest BCUT2D eigenvalue weighted by Crippen LogP contribution is -2.30. The highest BCUT2D eigenvalue weighted by Crippen LogP contribution is 2.15. The standard InChI is InChI=1S/C14H26O5/c1-6-7-10(2)12(16)18-8-11(15)9-19-13(17)14(3,4)5/h10-11,15H,6-9H2,1-5H3. The van der Waals surface area contributed by atoms with Crippen molar-refractivity contribution >= 4 is 11.9 Å². The predicted molar refractivity (Wildman–Crippen MR) is 71.5 cm³/mol. The van der Waals surface area contributed by atoms with Crippen LogP contribution >= 0.6 is 0 Å². The van der Waals surface area contributed by atoms with E-state index in [1.165, 1.54) is 0 Å². The Morgan fingerprint density at radius 2 is 1.68 bits per heavy atom. The van der Waals surface area contributed by atoms with Gasteiger partial charge in [-0.3, -0.25) is 9.59 Å². The molecule has 2 atom stereocenters. The lowest BCUT2D eigenvalue weighted by molar-refractivity contribution is -0.160. The third kappa shape index (κ3) is 7.82. The van der Waals surface area contributed by atoms with Crippen LogP contribution in [0, 0.1) is 11.3 Å². The summed E-state index contributed by atoms with van der Waals surface area (Å²) in [5, 5.41) is 9.57. The van der Waals surface area contributed by atoms with Crippen LogP contribution in [0.25, 0.3) is 0 Å². The molecule has 0 rings (SSSR count). The van der Waals surface area contributed by atoms with E-state index in [4.69, 9.17) is 9.47 Å². The third-order valence-corrected chi connectivity index (χ3v) is 2.56. The zero-order valence-electron chi connectivity index (χ0n) is 12.6. The Morgan fingerprint density at radius 3 is 2.16 bits per heavy atom. The van der Waals surface area contributed by atoms with Gasteiger partial charge in [0.05, 0.1) is 11.3 Å². The van der Waals surface area contributed by atoms with Crippen LogP contribution < -0.4 is 0 Å². The van der Waals surface area contributed by atoms with Crippen LogP contribution in [0.5, 0.6) is 0 Å². The maximum Gasteiger partial charge on any atom is 0.311 e. The molecule has 0 aliphatic rings. The second-order valence-corrected chi connectivity index (χ2v) is 5.82. The molecule has 0 aliphatic heterocycles. The van der Waals surface area contributed by atoms with Gasteiger partial charge < -0.3 is 14.6 Å². The molecule has 0 spiro atoms. The summed E-state index contributed by atoms with van der Waals surface area (Å²) in [4.78, 5) is 23.0. The molecule has 0 fully saturated rings. The first-order valence-corrected chi connectivity index (χ1v) is 6.70. The molecule has 5 nitrogen and oxygen atoms in total. The number of ether oxygens (including phenoxy) is 2. The van der Waals surface area contributed by atoms with Gasteiger partial charge in [0.2, 0.25) is 0 Å². The van der Waals surface area contributed by atoms with Crippen LogP contribution in [0.3, 0.4) is 0 Å². The highest BCUT2D eigenvalue weighted by Gasteiger charge is 2.24. The van der Waals surface area contributed by atoms with E-state index in [0.29, 0.717) is 0 Å². The van der Waals surface area contributed by atoms with Crippen molar-refractivity contribution in [3.05, 3.63) is 0 Å². The predicted octanol–water partition coefficient (Wildman–Crippen LogP) is 1.92. The minimum absolute atomic E-state index is 0.149. The molecule has 0 aromatic carbocycles. The van der Waals surface area contributed by atoms with Crippen LogP contribution in [0.15, 0.2) is 0 Å². The lowest BCUT2D eigenvalue weighted by Gasteiger charge is -2.19. The van der Waals surface area contributed by atoms with Crippen molar-refractivity contribution in [2.45, 2.75) is 53.6 Å². The van der Waals surface area contributed by atoms with Gasteiger partial charge in [-0.15, -0.1) is 0 Å². The number of carbonyl (C=O) groups is 2. The summed E-state index contributed by atoms with van der Waals surface area (Å²) >= 11 is 0. The van der Waals surface area contributed by atoms with E-state index in [0.717, 1.165) is 12.8 Å². The monoisotopic (exact) mass is 274 g/mol. The quantitative estimate of drug-likeness (QED) is 0.718. The second-order valence-electron chi connectivity index (χ2n) is 5.82. The Bertz CT molecular complexity index is 293. The molecular formula is C14H26O5. The van der Waals surface area contributed by atoms with Crippen molar-refractivity contribution < 1.29 is 24.2 Å². The molecular weight excluding hydrogens is 248 g/mol. The first-order chi connectivity index (χ1) is 8.68. The topological polar surface area (TPSA) is 72.8 Å². The first kappa shape index (κ1) is 17.9. The van der Waals surface area contributed by atoms with Gasteiger partial charge in [0.1, 0.15) is 19.3 Å². The van der Waals surface area contributed by atoms with E-state index in [1.54, 1.807) is 27.7 Å². The van der Waals surface area contributed by atoms with Crippen LogP contribution in [-0.4, -0.2) is 36.4 Å². The molecule has 0 bridgehead atoms. The Kier molecular flexibility index (Phi) is 7.68. The number of carbonyl (C=O) groups excluding carboxylic acids is 2. The van der Waals surface area contributed by atoms with Gasteiger partial charge in [-0.1, -0.05) is 20.3 Å². The van der Waals surface area contributed by atoms with Crippen LogP contribution in [0.4, 0.5) is 0 Å². The Hall–Kier alpha value is -1.10. The van der Waals surface area contributed by atoms with E-state index >= 15 is 0 Å². The number of rotatable bonds is 7. The molecule has 0 heterocycles. The normalized spacial score (nSPS) is 14.6. The van der Waals surface area contributed by atoms with Crippen molar-refractivity contribution in [1.29, 1.82) is 0 Å². The van der Waals surface area contributed by atoms with Gasteiger partial charge in [-0.25, -0.2) is 0 Å². The van der Waals surface area contributed by atoms with Crippen molar-refractivity contribution in [1.82, 2.24) is 0 Å². The van der Waals surface area contributed by atoms with E-state index in [-0.39, 0.29) is 25.1 Å². The Labute approximate surface area is 115 Å². The largest absolute Gasteiger partial charge is 0.463 e. The number of esters is 2.